The summed E-state index contributed by atoms with van der Waals surface area (Å²) in [4.78, 5) is 2.50. The molecule has 24 heavy (non-hydrogen) atoms. The van der Waals surface area contributed by atoms with Crippen molar-refractivity contribution in [3.05, 3.63) is 29.7 Å². The Morgan fingerprint density at radius 1 is 1.33 bits per heavy atom. The number of nitrogens with zero attached hydrogens (tertiary/aromatic N) is 2. The van der Waals surface area contributed by atoms with Gasteiger partial charge < -0.3 is 14.5 Å². The van der Waals surface area contributed by atoms with Crippen molar-refractivity contribution in [1.29, 1.82) is 0 Å². The van der Waals surface area contributed by atoms with Crippen molar-refractivity contribution in [2.24, 2.45) is 0 Å². The molecule has 2 aromatic rings. The SMILES string of the molecule is Cc1ccc(-c2[nH]ncc2CNC[C@H](C)N2C[C@@H](C)O[C@@H](C)C2)o1. The molecule has 2 aromatic heterocycles. The highest BCUT2D eigenvalue weighted by Crippen LogP contribution is 2.23. The molecule has 1 fully saturated rings. The Kier molecular flexibility index (Phi) is 5.38. The molecule has 3 heterocycles. The van der Waals surface area contributed by atoms with Gasteiger partial charge in [-0.15, -0.1) is 0 Å². The van der Waals surface area contributed by atoms with Crippen LogP contribution in [0.25, 0.3) is 11.5 Å². The molecule has 6 nitrogen and oxygen atoms in total. The van der Waals surface area contributed by atoms with Crippen LogP contribution in [0, 0.1) is 6.92 Å². The summed E-state index contributed by atoms with van der Waals surface area (Å²) in [5.74, 6) is 1.74. The number of ether oxygens (including phenoxy) is 1. The van der Waals surface area contributed by atoms with Gasteiger partial charge in [0.15, 0.2) is 5.76 Å². The van der Waals surface area contributed by atoms with Gasteiger partial charge in [0.25, 0.3) is 0 Å². The number of aromatic nitrogens is 2. The second-order valence-corrected chi connectivity index (χ2v) is 6.87. The summed E-state index contributed by atoms with van der Waals surface area (Å²) >= 11 is 0. The highest BCUT2D eigenvalue weighted by atomic mass is 16.5. The Morgan fingerprint density at radius 3 is 2.75 bits per heavy atom. The number of hydrogen-bond donors (Lipinski definition) is 2. The first-order chi connectivity index (χ1) is 11.5. The maximum atomic E-state index is 5.81. The van der Waals surface area contributed by atoms with Crippen molar-refractivity contribution in [3.8, 4) is 11.5 Å². The summed E-state index contributed by atoms with van der Waals surface area (Å²) < 4.78 is 11.5. The van der Waals surface area contributed by atoms with E-state index in [1.165, 1.54) is 0 Å². The third-order valence-corrected chi connectivity index (χ3v) is 4.53. The summed E-state index contributed by atoms with van der Waals surface area (Å²) in [5.41, 5.74) is 2.08. The van der Waals surface area contributed by atoms with Gasteiger partial charge in [0.2, 0.25) is 0 Å². The third-order valence-electron chi connectivity index (χ3n) is 4.53. The van der Waals surface area contributed by atoms with Gasteiger partial charge in [0, 0.05) is 37.8 Å². The van der Waals surface area contributed by atoms with Crippen LogP contribution in [0.2, 0.25) is 0 Å². The van der Waals surface area contributed by atoms with Gasteiger partial charge in [-0.05, 0) is 39.8 Å². The molecule has 3 rings (SSSR count). The average Bonchev–Trinajstić information content (AvgIpc) is 3.14. The van der Waals surface area contributed by atoms with E-state index in [1.54, 1.807) is 0 Å². The molecule has 0 amide bonds. The topological polar surface area (TPSA) is 66.3 Å². The Bertz CT molecular complexity index is 641. The van der Waals surface area contributed by atoms with Crippen LogP contribution in [0.4, 0.5) is 0 Å². The number of nitrogens with one attached hydrogen (secondary N) is 2. The molecule has 1 saturated heterocycles. The monoisotopic (exact) mass is 332 g/mol. The number of aryl methyl sites for hydroxylation is 1. The van der Waals surface area contributed by atoms with E-state index >= 15 is 0 Å². The fraction of sp³-hybridized carbons (Fsp3) is 0.611. The molecule has 0 aromatic carbocycles. The van der Waals surface area contributed by atoms with Crippen molar-refractivity contribution in [3.63, 3.8) is 0 Å². The van der Waals surface area contributed by atoms with Crippen molar-refractivity contribution in [2.45, 2.75) is 52.5 Å². The highest BCUT2D eigenvalue weighted by molar-refractivity contribution is 5.56. The zero-order chi connectivity index (χ0) is 17.1. The standard InChI is InChI=1S/C18H28N4O2/c1-12(22-10-14(3)23-15(4)11-22)7-19-8-16-9-20-21-18(16)17-6-5-13(2)24-17/h5-6,9,12,14-15,19H,7-8,10-11H2,1-4H3,(H,20,21)/t12-,14-,15+/m0/s1. The maximum Gasteiger partial charge on any atom is 0.152 e. The minimum Gasteiger partial charge on any atom is -0.460 e. The quantitative estimate of drug-likeness (QED) is 0.851. The predicted octanol–water partition coefficient (Wildman–Crippen LogP) is 2.57. The molecule has 1 aliphatic rings. The lowest BCUT2D eigenvalue weighted by Gasteiger charge is -2.39. The van der Waals surface area contributed by atoms with Crippen molar-refractivity contribution in [2.75, 3.05) is 19.6 Å². The molecular weight excluding hydrogens is 304 g/mol. The number of rotatable bonds is 6. The van der Waals surface area contributed by atoms with Crippen LogP contribution in [-0.4, -0.2) is 53.0 Å². The molecule has 0 aliphatic carbocycles. The lowest BCUT2D eigenvalue weighted by atomic mass is 10.1. The maximum absolute atomic E-state index is 5.81. The normalized spacial score (nSPS) is 23.5. The summed E-state index contributed by atoms with van der Waals surface area (Å²) in [7, 11) is 0. The number of furan rings is 1. The van der Waals surface area contributed by atoms with Crippen molar-refractivity contribution < 1.29 is 9.15 Å². The molecule has 6 heteroatoms. The summed E-state index contributed by atoms with van der Waals surface area (Å²) in [6.07, 6.45) is 2.47. The van der Waals surface area contributed by atoms with Crippen LogP contribution in [0.3, 0.4) is 0 Å². The van der Waals surface area contributed by atoms with Crippen LogP contribution in [0.5, 0.6) is 0 Å². The zero-order valence-electron chi connectivity index (χ0n) is 15.0. The number of morpholine rings is 1. The van der Waals surface area contributed by atoms with E-state index in [9.17, 15) is 0 Å². The van der Waals surface area contributed by atoms with Crippen molar-refractivity contribution >= 4 is 0 Å². The van der Waals surface area contributed by atoms with Crippen molar-refractivity contribution in [1.82, 2.24) is 20.4 Å². The minimum atomic E-state index is 0.305. The predicted molar refractivity (Wildman–Crippen MR) is 93.8 cm³/mol. The van der Waals surface area contributed by atoms with Crippen LogP contribution in [0.15, 0.2) is 22.7 Å². The third kappa shape index (κ3) is 4.06. The van der Waals surface area contributed by atoms with E-state index in [1.807, 2.05) is 25.3 Å². The largest absolute Gasteiger partial charge is 0.460 e. The van der Waals surface area contributed by atoms with Crippen LogP contribution in [-0.2, 0) is 11.3 Å². The van der Waals surface area contributed by atoms with Gasteiger partial charge >= 0.3 is 0 Å². The average molecular weight is 332 g/mol. The molecule has 0 spiro atoms. The summed E-state index contributed by atoms with van der Waals surface area (Å²) in [6, 6.07) is 4.42. The Labute approximate surface area is 143 Å². The first kappa shape index (κ1) is 17.2. The van der Waals surface area contributed by atoms with Crippen LogP contribution < -0.4 is 5.32 Å². The fourth-order valence-corrected chi connectivity index (χ4v) is 3.35. The first-order valence-corrected chi connectivity index (χ1v) is 8.72. The molecular formula is C18H28N4O2. The number of hydrogen-bond acceptors (Lipinski definition) is 5. The summed E-state index contributed by atoms with van der Waals surface area (Å²) in [6.45, 7) is 12.2. The molecule has 132 valence electrons. The molecule has 2 N–H and O–H groups in total. The molecule has 0 bridgehead atoms. The molecule has 0 radical (unpaired) electrons. The molecule has 0 unspecified atom stereocenters. The second-order valence-electron chi connectivity index (χ2n) is 6.87. The minimum absolute atomic E-state index is 0.305. The number of H-pyrrole nitrogens is 1. The molecule has 0 saturated carbocycles. The molecule has 3 atom stereocenters. The highest BCUT2D eigenvalue weighted by Gasteiger charge is 2.25. The van der Waals surface area contributed by atoms with E-state index in [2.05, 4.69) is 41.2 Å². The number of aromatic amines is 1. The van der Waals surface area contributed by atoms with E-state index in [4.69, 9.17) is 9.15 Å². The van der Waals surface area contributed by atoms with Gasteiger partial charge in [0.05, 0.1) is 18.4 Å². The van der Waals surface area contributed by atoms with E-state index in [0.717, 1.165) is 49.0 Å². The van der Waals surface area contributed by atoms with Gasteiger partial charge in [0.1, 0.15) is 11.5 Å². The lowest BCUT2D eigenvalue weighted by molar-refractivity contribution is -0.0781. The van der Waals surface area contributed by atoms with Gasteiger partial charge in [-0.1, -0.05) is 0 Å². The Balaban J connectivity index is 1.53. The molecule has 1 aliphatic heterocycles. The smallest absolute Gasteiger partial charge is 0.152 e. The fourth-order valence-electron chi connectivity index (χ4n) is 3.35. The van der Waals surface area contributed by atoms with E-state index in [0.29, 0.717) is 18.2 Å². The van der Waals surface area contributed by atoms with Gasteiger partial charge in [-0.2, -0.15) is 5.10 Å². The summed E-state index contributed by atoms with van der Waals surface area (Å²) in [5, 5.41) is 10.7. The Hall–Kier alpha value is -1.63. The van der Waals surface area contributed by atoms with Crippen LogP contribution in [0.1, 0.15) is 32.1 Å². The van der Waals surface area contributed by atoms with Crippen LogP contribution >= 0.6 is 0 Å². The van der Waals surface area contributed by atoms with Gasteiger partial charge in [-0.3, -0.25) is 10.00 Å². The Morgan fingerprint density at radius 2 is 2.08 bits per heavy atom. The van der Waals surface area contributed by atoms with E-state index in [-0.39, 0.29) is 0 Å². The second kappa shape index (κ2) is 7.51. The first-order valence-electron chi connectivity index (χ1n) is 8.72. The lowest BCUT2D eigenvalue weighted by Crippen LogP contribution is -2.51. The van der Waals surface area contributed by atoms with Gasteiger partial charge in [-0.25, -0.2) is 0 Å². The van der Waals surface area contributed by atoms with E-state index < -0.39 is 0 Å². The zero-order valence-corrected chi connectivity index (χ0v) is 15.0.